The molecule has 2 heteroatoms. The fraction of sp³-hybridized carbons (Fsp3) is 0.750. The molecule has 0 aliphatic rings. The molecule has 0 aromatic carbocycles. The van der Waals surface area contributed by atoms with E-state index in [4.69, 9.17) is 12.2 Å². The fourth-order valence-corrected chi connectivity index (χ4v) is 0.850. The molecule has 0 saturated carbocycles. The topological polar surface area (TPSA) is 17.1 Å². The van der Waals surface area contributed by atoms with Gasteiger partial charge in [0.1, 0.15) is 6.29 Å². The summed E-state index contributed by atoms with van der Waals surface area (Å²) in [5, 5.41) is 0. The van der Waals surface area contributed by atoms with E-state index in [9.17, 15) is 4.79 Å². The van der Waals surface area contributed by atoms with Gasteiger partial charge in [-0.05, 0) is 19.8 Å². The van der Waals surface area contributed by atoms with Crippen molar-refractivity contribution in [1.82, 2.24) is 0 Å². The minimum atomic E-state index is -0.427. The second-order valence-corrected chi connectivity index (χ2v) is 3.80. The Bertz CT molecular complexity index is 147. The molecule has 0 atom stereocenters. The van der Waals surface area contributed by atoms with Crippen LogP contribution in [0.25, 0.3) is 0 Å². The third-order valence-electron chi connectivity index (χ3n) is 1.45. The molecule has 0 aliphatic carbocycles. The predicted molar refractivity (Wildman–Crippen MR) is 47.3 cm³/mol. The molecule has 0 N–H and O–H groups in total. The minimum Gasteiger partial charge on any atom is -0.302 e. The number of rotatable bonds is 3. The summed E-state index contributed by atoms with van der Waals surface area (Å²) < 4.78 is 0. The maximum Gasteiger partial charge on any atom is 0.130 e. The van der Waals surface area contributed by atoms with Crippen LogP contribution in [0.5, 0.6) is 0 Å². The third kappa shape index (κ3) is 2.18. The highest BCUT2D eigenvalue weighted by Gasteiger charge is 2.24. The molecule has 0 radical (unpaired) electrons. The standard InChI is InChI=1S/C8H14OS/c1-6(2)7(10)8(3,4)5-9/h5-6H,1-4H3. The van der Waals surface area contributed by atoms with Gasteiger partial charge in [0.15, 0.2) is 0 Å². The maximum absolute atomic E-state index is 10.5. The van der Waals surface area contributed by atoms with Crippen LogP contribution in [-0.4, -0.2) is 11.2 Å². The van der Waals surface area contributed by atoms with Gasteiger partial charge in [0.05, 0.1) is 5.41 Å². The highest BCUT2D eigenvalue weighted by Crippen LogP contribution is 2.19. The van der Waals surface area contributed by atoms with Crippen molar-refractivity contribution >= 4 is 23.4 Å². The molecule has 0 bridgehead atoms. The van der Waals surface area contributed by atoms with Crippen LogP contribution >= 0.6 is 12.2 Å². The van der Waals surface area contributed by atoms with Crippen LogP contribution in [0.2, 0.25) is 0 Å². The first-order valence-electron chi connectivity index (χ1n) is 3.42. The van der Waals surface area contributed by atoms with Crippen molar-refractivity contribution in [1.29, 1.82) is 0 Å². The number of hydrogen-bond acceptors (Lipinski definition) is 2. The van der Waals surface area contributed by atoms with E-state index in [0.717, 1.165) is 11.2 Å². The smallest absolute Gasteiger partial charge is 0.130 e. The van der Waals surface area contributed by atoms with Gasteiger partial charge in [0.2, 0.25) is 0 Å². The lowest BCUT2D eigenvalue weighted by atomic mass is 9.85. The molecule has 0 saturated heterocycles. The average molecular weight is 158 g/mol. The van der Waals surface area contributed by atoms with Crippen molar-refractivity contribution < 1.29 is 4.79 Å². The Morgan fingerprint density at radius 2 is 1.90 bits per heavy atom. The first-order valence-corrected chi connectivity index (χ1v) is 3.83. The third-order valence-corrected chi connectivity index (χ3v) is 2.45. The second kappa shape index (κ2) is 3.24. The highest BCUT2D eigenvalue weighted by molar-refractivity contribution is 7.80. The minimum absolute atomic E-state index is 0.315. The molecule has 0 amide bonds. The van der Waals surface area contributed by atoms with Crippen molar-refractivity contribution in [3.05, 3.63) is 0 Å². The van der Waals surface area contributed by atoms with Gasteiger partial charge in [-0.1, -0.05) is 26.1 Å². The molecule has 1 nitrogen and oxygen atoms in total. The van der Waals surface area contributed by atoms with E-state index in [2.05, 4.69) is 0 Å². The van der Waals surface area contributed by atoms with Crippen molar-refractivity contribution in [3.8, 4) is 0 Å². The van der Waals surface area contributed by atoms with Gasteiger partial charge in [0, 0.05) is 4.86 Å². The van der Waals surface area contributed by atoms with Crippen LogP contribution in [0.15, 0.2) is 0 Å². The molecule has 0 fully saturated rings. The first kappa shape index (κ1) is 9.76. The zero-order chi connectivity index (χ0) is 8.36. The Labute approximate surface area is 67.8 Å². The lowest BCUT2D eigenvalue weighted by Gasteiger charge is -2.20. The summed E-state index contributed by atoms with van der Waals surface area (Å²) in [6.07, 6.45) is 0.912. The van der Waals surface area contributed by atoms with Crippen molar-refractivity contribution in [2.45, 2.75) is 27.7 Å². The average Bonchev–Trinajstić information content (AvgIpc) is 1.86. The van der Waals surface area contributed by atoms with Gasteiger partial charge >= 0.3 is 0 Å². The Kier molecular flexibility index (Phi) is 3.16. The predicted octanol–water partition coefficient (Wildman–Crippen LogP) is 2.24. The van der Waals surface area contributed by atoms with Gasteiger partial charge < -0.3 is 4.79 Å². The van der Waals surface area contributed by atoms with E-state index in [1.165, 1.54) is 0 Å². The van der Waals surface area contributed by atoms with Gasteiger partial charge in [-0.15, -0.1) is 0 Å². The summed E-state index contributed by atoms with van der Waals surface area (Å²) >= 11 is 5.08. The normalized spacial score (nSPS) is 11.7. The number of thiocarbonyl (C=S) groups is 1. The van der Waals surface area contributed by atoms with E-state index >= 15 is 0 Å². The van der Waals surface area contributed by atoms with Crippen molar-refractivity contribution in [3.63, 3.8) is 0 Å². The van der Waals surface area contributed by atoms with Crippen LogP contribution in [0.4, 0.5) is 0 Å². The van der Waals surface area contributed by atoms with Crippen LogP contribution in [-0.2, 0) is 4.79 Å². The molecule has 10 heavy (non-hydrogen) atoms. The van der Waals surface area contributed by atoms with E-state index in [-0.39, 0.29) is 0 Å². The Hall–Kier alpha value is -0.240. The van der Waals surface area contributed by atoms with Crippen LogP contribution in [0.3, 0.4) is 0 Å². The lowest BCUT2D eigenvalue weighted by molar-refractivity contribution is -0.112. The SMILES string of the molecule is CC(C)C(=S)C(C)(C)C=O. The molecule has 0 aliphatic heterocycles. The van der Waals surface area contributed by atoms with Gasteiger partial charge in [-0.25, -0.2) is 0 Å². The lowest BCUT2D eigenvalue weighted by Crippen LogP contribution is -2.27. The molecule has 0 spiro atoms. The summed E-state index contributed by atoms with van der Waals surface area (Å²) in [6, 6.07) is 0. The van der Waals surface area contributed by atoms with E-state index in [1.807, 2.05) is 27.7 Å². The number of hydrogen-bond donors (Lipinski definition) is 0. The van der Waals surface area contributed by atoms with Gasteiger partial charge in [0.25, 0.3) is 0 Å². The molecular weight excluding hydrogens is 144 g/mol. The van der Waals surface area contributed by atoms with Crippen LogP contribution in [0, 0.1) is 11.3 Å². The summed E-state index contributed by atoms with van der Waals surface area (Å²) in [4.78, 5) is 11.3. The largest absolute Gasteiger partial charge is 0.302 e. The Balaban J connectivity index is 4.33. The number of aldehydes is 1. The zero-order valence-electron chi connectivity index (χ0n) is 6.97. The summed E-state index contributed by atoms with van der Waals surface area (Å²) in [6.45, 7) is 7.71. The molecule has 58 valence electrons. The van der Waals surface area contributed by atoms with E-state index in [0.29, 0.717) is 5.92 Å². The number of carbonyl (C=O) groups excluding carboxylic acids is 1. The molecular formula is C8H14OS. The Morgan fingerprint density at radius 1 is 1.50 bits per heavy atom. The molecule has 0 aromatic heterocycles. The van der Waals surface area contributed by atoms with Crippen molar-refractivity contribution in [2.75, 3.05) is 0 Å². The van der Waals surface area contributed by atoms with E-state index < -0.39 is 5.41 Å². The quantitative estimate of drug-likeness (QED) is 0.463. The second-order valence-electron chi connectivity index (χ2n) is 3.36. The van der Waals surface area contributed by atoms with Crippen LogP contribution in [0.1, 0.15) is 27.7 Å². The van der Waals surface area contributed by atoms with E-state index in [1.54, 1.807) is 0 Å². The molecule has 0 aromatic rings. The molecule has 0 heterocycles. The van der Waals surface area contributed by atoms with Gasteiger partial charge in [-0.2, -0.15) is 0 Å². The van der Waals surface area contributed by atoms with Gasteiger partial charge in [-0.3, -0.25) is 0 Å². The Morgan fingerprint density at radius 3 is 2.00 bits per heavy atom. The summed E-state index contributed by atoms with van der Waals surface area (Å²) in [5.74, 6) is 0.315. The highest BCUT2D eigenvalue weighted by atomic mass is 32.1. The maximum atomic E-state index is 10.5. The monoisotopic (exact) mass is 158 g/mol. The van der Waals surface area contributed by atoms with Crippen molar-refractivity contribution in [2.24, 2.45) is 11.3 Å². The fourth-order valence-electron chi connectivity index (χ4n) is 0.802. The van der Waals surface area contributed by atoms with Crippen LogP contribution < -0.4 is 0 Å². The summed E-state index contributed by atoms with van der Waals surface area (Å²) in [5.41, 5.74) is -0.427. The zero-order valence-corrected chi connectivity index (χ0v) is 7.79. The number of carbonyl (C=O) groups is 1. The molecule has 0 unspecified atom stereocenters. The molecule has 0 rings (SSSR count). The summed E-state index contributed by atoms with van der Waals surface area (Å²) in [7, 11) is 0. The first-order chi connectivity index (χ1) is 4.41.